The van der Waals surface area contributed by atoms with E-state index in [-0.39, 0.29) is 43.8 Å². The van der Waals surface area contributed by atoms with Gasteiger partial charge in [-0.25, -0.2) is 8.78 Å². The minimum absolute atomic E-state index is 0.0567. The number of pyridine rings is 1. The van der Waals surface area contributed by atoms with E-state index in [0.29, 0.717) is 27.8 Å². The van der Waals surface area contributed by atoms with Gasteiger partial charge in [-0.1, -0.05) is 18.2 Å². The fourth-order valence-electron chi connectivity index (χ4n) is 6.40. The Morgan fingerprint density at radius 3 is 2.53 bits per heavy atom. The van der Waals surface area contributed by atoms with Crippen molar-refractivity contribution in [2.45, 2.75) is 57.7 Å². The number of aliphatic carboxylic acids is 1. The number of halogens is 5. The van der Waals surface area contributed by atoms with Gasteiger partial charge in [-0.05, 0) is 66.8 Å². The van der Waals surface area contributed by atoms with Crippen LogP contribution in [0.15, 0.2) is 59.5 Å². The number of aromatic nitrogens is 1. The number of amides is 1. The molecule has 2 aliphatic rings. The molecule has 1 amide bonds. The minimum atomic E-state index is -4.92. The molecule has 0 saturated carbocycles. The highest BCUT2D eigenvalue weighted by Gasteiger charge is 2.37. The summed E-state index contributed by atoms with van der Waals surface area (Å²) in [4.78, 5) is 42.9. The number of hydrogen-bond acceptors (Lipinski definition) is 6. The minimum Gasteiger partial charge on any atom is -0.488 e. The van der Waals surface area contributed by atoms with Crippen molar-refractivity contribution in [3.8, 4) is 16.2 Å². The number of ether oxygens (including phenoxy) is 1. The molecule has 0 aliphatic carbocycles. The molecule has 4 aromatic rings. The highest BCUT2D eigenvalue weighted by Crippen LogP contribution is 2.42. The molecule has 2 N–H and O–H groups in total. The first-order chi connectivity index (χ1) is 23.2. The van der Waals surface area contributed by atoms with Crippen LogP contribution in [0.1, 0.15) is 56.8 Å². The normalized spacial score (nSPS) is 18.6. The monoisotopic (exact) mass is 701 g/mol. The second-order valence-electron chi connectivity index (χ2n) is 12.3. The van der Waals surface area contributed by atoms with Crippen molar-refractivity contribution in [2.24, 2.45) is 0 Å². The molecule has 2 aliphatic heterocycles. The van der Waals surface area contributed by atoms with Crippen molar-refractivity contribution in [3.63, 3.8) is 0 Å². The number of carbonyl (C=O) groups is 2. The van der Waals surface area contributed by atoms with Gasteiger partial charge in [0.1, 0.15) is 30.4 Å². The van der Waals surface area contributed by atoms with Crippen molar-refractivity contribution >= 4 is 23.2 Å². The van der Waals surface area contributed by atoms with E-state index in [9.17, 15) is 37.1 Å². The van der Waals surface area contributed by atoms with E-state index in [2.05, 4.69) is 5.32 Å². The second-order valence-corrected chi connectivity index (χ2v) is 13.6. The lowest BCUT2D eigenvalue weighted by Crippen LogP contribution is -2.49. The molecule has 4 heterocycles. The molecule has 6 rings (SSSR count). The second kappa shape index (κ2) is 13.4. The lowest BCUT2D eigenvalue weighted by Gasteiger charge is -2.34. The molecule has 4 bridgehead atoms. The fourth-order valence-corrected chi connectivity index (χ4v) is 7.60. The van der Waals surface area contributed by atoms with Crippen LogP contribution in [0.2, 0.25) is 0 Å². The number of benzene rings is 2. The third-order valence-corrected chi connectivity index (χ3v) is 9.95. The van der Waals surface area contributed by atoms with E-state index in [1.807, 2.05) is 19.1 Å². The molecule has 49 heavy (non-hydrogen) atoms. The molecule has 258 valence electrons. The van der Waals surface area contributed by atoms with E-state index < -0.39 is 59.7 Å². The van der Waals surface area contributed by atoms with E-state index >= 15 is 4.39 Å². The number of thiophene rings is 1. The lowest BCUT2D eigenvalue weighted by atomic mass is 9.97. The van der Waals surface area contributed by atoms with Gasteiger partial charge in [0.25, 0.3) is 5.56 Å². The van der Waals surface area contributed by atoms with Crippen LogP contribution in [0.3, 0.4) is 0 Å². The number of carboxylic acid groups (broad SMARTS) is 1. The maximum atomic E-state index is 15.8. The Morgan fingerprint density at radius 2 is 1.84 bits per heavy atom. The number of rotatable bonds is 6. The first-order valence-electron chi connectivity index (χ1n) is 15.5. The van der Waals surface area contributed by atoms with Gasteiger partial charge in [0.2, 0.25) is 5.91 Å². The summed E-state index contributed by atoms with van der Waals surface area (Å²) in [5, 5.41) is 12.5. The predicted molar refractivity (Wildman–Crippen MR) is 172 cm³/mol. The van der Waals surface area contributed by atoms with Crippen LogP contribution >= 0.6 is 11.3 Å². The molecule has 2 atom stereocenters. The Labute approximate surface area is 281 Å². The summed E-state index contributed by atoms with van der Waals surface area (Å²) in [6.07, 6.45) is -5.91. The lowest BCUT2D eigenvalue weighted by molar-refractivity contribution is -0.139. The molecule has 1 saturated heterocycles. The molecular weight excluding hydrogens is 669 g/mol. The fraction of sp³-hybridized carbons (Fsp3) is 0.343. The maximum Gasteiger partial charge on any atom is 0.416 e. The topological polar surface area (TPSA) is 101 Å². The van der Waals surface area contributed by atoms with Gasteiger partial charge < -0.3 is 15.2 Å². The summed E-state index contributed by atoms with van der Waals surface area (Å²) in [6, 6.07) is 8.44. The third-order valence-electron chi connectivity index (χ3n) is 8.86. The first kappa shape index (κ1) is 34.3. The number of alkyl halides is 4. The number of carboxylic acids is 1. The number of likely N-dealkylation sites (tertiary alicyclic amines) is 1. The summed E-state index contributed by atoms with van der Waals surface area (Å²) < 4.78 is 78.6. The molecule has 1 fully saturated rings. The largest absolute Gasteiger partial charge is 0.488 e. The molecule has 2 aromatic carbocycles. The summed E-state index contributed by atoms with van der Waals surface area (Å²) in [7, 11) is 0. The number of fused-ring (bicyclic) bond motifs is 6. The zero-order valence-corrected chi connectivity index (χ0v) is 27.3. The van der Waals surface area contributed by atoms with Crippen molar-refractivity contribution < 1.29 is 41.4 Å². The zero-order chi connectivity index (χ0) is 35.2. The highest BCUT2D eigenvalue weighted by molar-refractivity contribution is 7.15. The standard InChI is InChI=1S/C35H32F5N3O5S/c1-18-4-3-5-28-32(18)29-11-23(19(2)49-29)27(13-31(45)46)41-34(47)33(24-10-20(17-48-28)6-7-26(24)37)43-14-21(8-9-42-15-22(36)16-42)25(12-30(43)44)35(38,39)40/h3-7,10-12,14,22,27,33H,8-9,13,15-17H2,1-2H3,(H,41,47)(H,45,46). The highest BCUT2D eigenvalue weighted by atomic mass is 32.1. The number of aryl methyl sites for hydroxylation is 2. The van der Waals surface area contributed by atoms with Crippen LogP contribution < -0.4 is 15.6 Å². The van der Waals surface area contributed by atoms with Gasteiger partial charge in [-0.3, -0.25) is 23.9 Å². The van der Waals surface area contributed by atoms with E-state index in [1.54, 1.807) is 24.0 Å². The van der Waals surface area contributed by atoms with Gasteiger partial charge >= 0.3 is 12.1 Å². The van der Waals surface area contributed by atoms with Gasteiger partial charge in [0.05, 0.1) is 18.0 Å². The summed E-state index contributed by atoms with van der Waals surface area (Å²) in [6.45, 7) is 3.76. The summed E-state index contributed by atoms with van der Waals surface area (Å²) in [5.41, 5.74) is -0.579. The first-order valence-corrected chi connectivity index (χ1v) is 16.3. The van der Waals surface area contributed by atoms with Gasteiger partial charge in [0.15, 0.2) is 0 Å². The van der Waals surface area contributed by atoms with Gasteiger partial charge in [-0.15, -0.1) is 11.3 Å². The van der Waals surface area contributed by atoms with E-state index in [1.165, 1.54) is 23.5 Å². The van der Waals surface area contributed by atoms with Crippen molar-refractivity contribution in [1.82, 2.24) is 14.8 Å². The molecule has 0 radical (unpaired) electrons. The molecule has 2 unspecified atom stereocenters. The SMILES string of the molecule is Cc1cccc2c1-c1cc(c(C)s1)C(CC(=O)O)NC(=O)C(n1cc(CCN3CC(F)C3)c(C(F)(F)F)cc1=O)c1cc(ccc1F)CO2. The Balaban J connectivity index is 1.52. The van der Waals surface area contributed by atoms with Crippen molar-refractivity contribution in [3.05, 3.63) is 109 Å². The molecule has 0 spiro atoms. The molecule has 2 aromatic heterocycles. The Kier molecular flexibility index (Phi) is 9.38. The van der Waals surface area contributed by atoms with Crippen LogP contribution in [0.5, 0.6) is 5.75 Å². The van der Waals surface area contributed by atoms with E-state index in [0.717, 1.165) is 32.8 Å². The van der Waals surface area contributed by atoms with Crippen LogP contribution in [-0.2, 0) is 28.8 Å². The third kappa shape index (κ3) is 7.11. The van der Waals surface area contributed by atoms with Crippen LogP contribution in [-0.4, -0.2) is 52.3 Å². The van der Waals surface area contributed by atoms with E-state index in [4.69, 9.17) is 4.74 Å². The Bertz CT molecular complexity index is 1980. The van der Waals surface area contributed by atoms with Gasteiger partial charge in [0, 0.05) is 52.8 Å². The molecule has 8 nitrogen and oxygen atoms in total. The summed E-state index contributed by atoms with van der Waals surface area (Å²) >= 11 is 1.36. The van der Waals surface area contributed by atoms with Crippen LogP contribution in [0.25, 0.3) is 10.4 Å². The zero-order valence-electron chi connectivity index (χ0n) is 26.4. The predicted octanol–water partition coefficient (Wildman–Crippen LogP) is 6.36. The van der Waals surface area contributed by atoms with Crippen LogP contribution in [0, 0.1) is 19.7 Å². The average molecular weight is 702 g/mol. The number of carbonyl (C=O) groups excluding carboxylic acids is 1. The average Bonchev–Trinajstić information content (AvgIpc) is 3.39. The van der Waals surface area contributed by atoms with Crippen LogP contribution in [0.4, 0.5) is 22.0 Å². The van der Waals surface area contributed by atoms with Crippen molar-refractivity contribution in [1.29, 1.82) is 0 Å². The Hall–Kier alpha value is -4.56. The van der Waals surface area contributed by atoms with Crippen molar-refractivity contribution in [2.75, 3.05) is 19.6 Å². The molecular formula is C35H32F5N3O5S. The molecule has 14 heteroatoms. The quantitative estimate of drug-likeness (QED) is 0.227. The number of nitrogens with one attached hydrogen (secondary N) is 1. The smallest absolute Gasteiger partial charge is 0.416 e. The number of nitrogens with zero attached hydrogens (tertiary/aromatic N) is 2. The Morgan fingerprint density at radius 1 is 1.08 bits per heavy atom. The number of hydrogen-bond donors (Lipinski definition) is 2. The maximum absolute atomic E-state index is 15.8. The van der Waals surface area contributed by atoms with Gasteiger partial charge in [-0.2, -0.15) is 13.2 Å². The summed E-state index contributed by atoms with van der Waals surface area (Å²) in [5.74, 6) is -2.66.